The second kappa shape index (κ2) is 8.95. The van der Waals surface area contributed by atoms with Gasteiger partial charge in [-0.1, -0.05) is 19.3 Å². The van der Waals surface area contributed by atoms with Crippen LogP contribution in [0.15, 0.2) is 0 Å². The van der Waals surface area contributed by atoms with E-state index >= 15 is 0 Å². The topological polar surface area (TPSA) is 70.2 Å². The first-order valence-corrected chi connectivity index (χ1v) is 7.82. The molecule has 0 heterocycles. The Morgan fingerprint density at radius 2 is 1.75 bits per heavy atom. The SMILES string of the molecule is CC(C)NC(=O)CCNC(C)C(=O)NC1CCCCC1. The molecule has 3 N–H and O–H groups in total. The molecule has 1 atom stereocenters. The van der Waals surface area contributed by atoms with Crippen LogP contribution in [0.25, 0.3) is 0 Å². The molecule has 5 nitrogen and oxygen atoms in total. The van der Waals surface area contributed by atoms with Gasteiger partial charge in [0.1, 0.15) is 0 Å². The van der Waals surface area contributed by atoms with Gasteiger partial charge in [-0.15, -0.1) is 0 Å². The summed E-state index contributed by atoms with van der Waals surface area (Å²) in [6.07, 6.45) is 6.29. The number of hydrogen-bond donors (Lipinski definition) is 3. The molecule has 1 unspecified atom stereocenters. The zero-order valence-electron chi connectivity index (χ0n) is 13.0. The molecule has 1 aliphatic carbocycles. The van der Waals surface area contributed by atoms with Gasteiger partial charge in [-0.2, -0.15) is 0 Å². The largest absolute Gasteiger partial charge is 0.354 e. The van der Waals surface area contributed by atoms with E-state index in [2.05, 4.69) is 16.0 Å². The highest BCUT2D eigenvalue weighted by atomic mass is 16.2. The number of hydrogen-bond acceptors (Lipinski definition) is 3. The fourth-order valence-electron chi connectivity index (χ4n) is 2.46. The van der Waals surface area contributed by atoms with Crippen LogP contribution in [-0.2, 0) is 9.59 Å². The van der Waals surface area contributed by atoms with Crippen LogP contribution in [0.2, 0.25) is 0 Å². The molecule has 116 valence electrons. The summed E-state index contributed by atoms with van der Waals surface area (Å²) in [4.78, 5) is 23.5. The third-order valence-electron chi connectivity index (χ3n) is 3.60. The first kappa shape index (κ1) is 17.0. The molecule has 0 saturated heterocycles. The van der Waals surface area contributed by atoms with Crippen LogP contribution in [-0.4, -0.2) is 36.5 Å². The summed E-state index contributed by atoms with van der Waals surface area (Å²) in [6.45, 7) is 6.24. The minimum absolute atomic E-state index is 0.0207. The summed E-state index contributed by atoms with van der Waals surface area (Å²) < 4.78 is 0. The molecule has 1 rings (SSSR count). The maximum Gasteiger partial charge on any atom is 0.237 e. The van der Waals surface area contributed by atoms with Gasteiger partial charge in [0.05, 0.1) is 6.04 Å². The minimum Gasteiger partial charge on any atom is -0.354 e. The van der Waals surface area contributed by atoms with Gasteiger partial charge in [0, 0.05) is 25.0 Å². The number of carbonyl (C=O) groups excluding carboxylic acids is 2. The van der Waals surface area contributed by atoms with Crippen LogP contribution in [0.4, 0.5) is 0 Å². The Bertz CT molecular complexity index is 312. The lowest BCUT2D eigenvalue weighted by Crippen LogP contribution is -2.47. The van der Waals surface area contributed by atoms with Crippen molar-refractivity contribution in [2.45, 2.75) is 77.4 Å². The van der Waals surface area contributed by atoms with E-state index in [1.54, 1.807) is 0 Å². The highest BCUT2D eigenvalue weighted by Crippen LogP contribution is 2.17. The zero-order chi connectivity index (χ0) is 15.0. The van der Waals surface area contributed by atoms with Crippen molar-refractivity contribution in [1.82, 2.24) is 16.0 Å². The molecule has 0 bridgehead atoms. The summed E-state index contributed by atoms with van der Waals surface area (Å²) in [7, 11) is 0. The predicted molar refractivity (Wildman–Crippen MR) is 80.4 cm³/mol. The second-order valence-electron chi connectivity index (χ2n) is 5.99. The normalized spacial score (nSPS) is 17.8. The van der Waals surface area contributed by atoms with E-state index in [0.717, 1.165) is 12.8 Å². The Balaban J connectivity index is 2.16. The molecule has 1 aliphatic rings. The summed E-state index contributed by atoms with van der Waals surface area (Å²) in [6, 6.07) is 0.253. The fourth-order valence-corrected chi connectivity index (χ4v) is 2.46. The standard InChI is InChI=1S/C15H29N3O2/c1-11(2)17-14(19)9-10-16-12(3)15(20)18-13-7-5-4-6-8-13/h11-13,16H,4-10H2,1-3H3,(H,17,19)(H,18,20). The molecule has 0 aromatic carbocycles. The van der Waals surface area contributed by atoms with Gasteiger partial charge in [-0.3, -0.25) is 9.59 Å². The van der Waals surface area contributed by atoms with Gasteiger partial charge in [0.25, 0.3) is 0 Å². The molecular weight excluding hydrogens is 254 g/mol. The number of nitrogens with one attached hydrogen (secondary N) is 3. The molecule has 2 amide bonds. The third-order valence-corrected chi connectivity index (χ3v) is 3.60. The van der Waals surface area contributed by atoms with Crippen molar-refractivity contribution in [1.29, 1.82) is 0 Å². The van der Waals surface area contributed by atoms with E-state index in [0.29, 0.717) is 19.0 Å². The van der Waals surface area contributed by atoms with Crippen LogP contribution in [0.1, 0.15) is 59.3 Å². The highest BCUT2D eigenvalue weighted by molar-refractivity contribution is 5.81. The van der Waals surface area contributed by atoms with Crippen molar-refractivity contribution in [3.8, 4) is 0 Å². The summed E-state index contributed by atoms with van der Waals surface area (Å²) in [5, 5.41) is 9.02. The Morgan fingerprint density at radius 1 is 1.10 bits per heavy atom. The summed E-state index contributed by atoms with van der Waals surface area (Å²) >= 11 is 0. The maximum atomic E-state index is 12.0. The van der Waals surface area contributed by atoms with Crippen LogP contribution in [0.5, 0.6) is 0 Å². The van der Waals surface area contributed by atoms with Crippen LogP contribution in [0.3, 0.4) is 0 Å². The summed E-state index contributed by atoms with van der Waals surface area (Å²) in [5.74, 6) is 0.0635. The van der Waals surface area contributed by atoms with Gasteiger partial charge >= 0.3 is 0 Å². The van der Waals surface area contributed by atoms with Gasteiger partial charge in [-0.05, 0) is 33.6 Å². The van der Waals surface area contributed by atoms with E-state index in [9.17, 15) is 9.59 Å². The van der Waals surface area contributed by atoms with Crippen molar-refractivity contribution in [3.63, 3.8) is 0 Å². The monoisotopic (exact) mass is 283 g/mol. The quantitative estimate of drug-likeness (QED) is 0.660. The lowest BCUT2D eigenvalue weighted by molar-refractivity contribution is -0.124. The fraction of sp³-hybridized carbons (Fsp3) is 0.867. The smallest absolute Gasteiger partial charge is 0.237 e. The molecule has 0 aromatic heterocycles. The number of carbonyl (C=O) groups is 2. The molecule has 1 fully saturated rings. The van der Waals surface area contributed by atoms with E-state index in [4.69, 9.17) is 0 Å². The highest BCUT2D eigenvalue weighted by Gasteiger charge is 2.19. The van der Waals surface area contributed by atoms with Crippen molar-refractivity contribution in [3.05, 3.63) is 0 Å². The lowest BCUT2D eigenvalue weighted by Gasteiger charge is -2.24. The summed E-state index contributed by atoms with van der Waals surface area (Å²) in [5.41, 5.74) is 0. The zero-order valence-corrected chi connectivity index (χ0v) is 13.0. The molecular formula is C15H29N3O2. The van der Waals surface area contributed by atoms with E-state index in [1.807, 2.05) is 20.8 Å². The van der Waals surface area contributed by atoms with Gasteiger partial charge < -0.3 is 16.0 Å². The van der Waals surface area contributed by atoms with Crippen LogP contribution in [0, 0.1) is 0 Å². The average Bonchev–Trinajstić information content (AvgIpc) is 2.38. The van der Waals surface area contributed by atoms with Gasteiger partial charge in [-0.25, -0.2) is 0 Å². The molecule has 0 aromatic rings. The first-order chi connectivity index (χ1) is 9.49. The van der Waals surface area contributed by atoms with E-state index in [-0.39, 0.29) is 23.9 Å². The average molecular weight is 283 g/mol. The number of amides is 2. The Kier molecular flexibility index (Phi) is 7.59. The molecule has 20 heavy (non-hydrogen) atoms. The van der Waals surface area contributed by atoms with Crippen LogP contribution < -0.4 is 16.0 Å². The third kappa shape index (κ3) is 6.89. The van der Waals surface area contributed by atoms with Gasteiger partial charge in [0.15, 0.2) is 0 Å². The van der Waals surface area contributed by atoms with Gasteiger partial charge in [0.2, 0.25) is 11.8 Å². The van der Waals surface area contributed by atoms with Crippen molar-refractivity contribution in [2.75, 3.05) is 6.54 Å². The van der Waals surface area contributed by atoms with E-state index < -0.39 is 0 Å². The first-order valence-electron chi connectivity index (χ1n) is 7.82. The molecule has 0 radical (unpaired) electrons. The molecule has 0 aliphatic heterocycles. The minimum atomic E-state index is -0.247. The maximum absolute atomic E-state index is 12.0. The van der Waals surface area contributed by atoms with Crippen molar-refractivity contribution in [2.24, 2.45) is 0 Å². The van der Waals surface area contributed by atoms with E-state index in [1.165, 1.54) is 19.3 Å². The lowest BCUT2D eigenvalue weighted by atomic mass is 9.95. The Labute approximate surface area is 122 Å². The molecule has 0 spiro atoms. The number of rotatable bonds is 7. The second-order valence-corrected chi connectivity index (χ2v) is 5.99. The van der Waals surface area contributed by atoms with Crippen LogP contribution >= 0.6 is 0 Å². The Morgan fingerprint density at radius 3 is 2.35 bits per heavy atom. The Hall–Kier alpha value is -1.10. The molecule has 1 saturated carbocycles. The van der Waals surface area contributed by atoms with Crippen molar-refractivity contribution >= 4 is 11.8 Å². The molecule has 5 heteroatoms. The van der Waals surface area contributed by atoms with Crippen molar-refractivity contribution < 1.29 is 9.59 Å². The predicted octanol–water partition coefficient (Wildman–Crippen LogP) is 1.33.